The summed E-state index contributed by atoms with van der Waals surface area (Å²) in [6, 6.07) is 14.8. The van der Waals surface area contributed by atoms with Gasteiger partial charge in [-0.05, 0) is 35.1 Å². The number of benzene rings is 2. The molecule has 184 valence electrons. The molecular formula is C27H30N2O6. The fourth-order valence-corrected chi connectivity index (χ4v) is 5.90. The number of fused-ring (bicyclic) bond motifs is 3. The van der Waals surface area contributed by atoms with E-state index in [1.54, 1.807) is 0 Å². The third-order valence-corrected chi connectivity index (χ3v) is 7.58. The van der Waals surface area contributed by atoms with E-state index in [2.05, 4.69) is 29.6 Å². The van der Waals surface area contributed by atoms with E-state index in [1.807, 2.05) is 24.3 Å². The zero-order valence-corrected chi connectivity index (χ0v) is 19.4. The van der Waals surface area contributed by atoms with Gasteiger partial charge in [0.05, 0.1) is 12.0 Å². The topological polar surface area (TPSA) is 116 Å². The normalized spacial score (nSPS) is 25.6. The minimum Gasteiger partial charge on any atom is -0.480 e. The van der Waals surface area contributed by atoms with Crippen LogP contribution in [0.4, 0.5) is 4.79 Å². The first-order valence-electron chi connectivity index (χ1n) is 12.3. The Morgan fingerprint density at radius 2 is 1.60 bits per heavy atom. The highest BCUT2D eigenvalue weighted by Gasteiger charge is 2.44. The van der Waals surface area contributed by atoms with Crippen LogP contribution in [0.15, 0.2) is 48.5 Å². The number of nitrogens with zero attached hydrogens (tertiary/aromatic N) is 1. The standard InChI is InChI=1S/C27H30N2O6/c30-16-13-24(26(32)33)29(14-16)25(31)21-11-5-6-12-23(21)28-27(34)35-15-22-19-9-3-1-7-17(19)18-8-2-4-10-20(18)22/h1-4,7-10,16,21-24,30H,5-6,11-15H2,(H,28,34)(H,32,33)/t16?,21?,23?,24-/m0/s1. The number of aliphatic hydroxyl groups excluding tert-OH is 1. The minimum atomic E-state index is -1.12. The number of rotatable bonds is 5. The average Bonchev–Trinajstić information content (AvgIpc) is 3.41. The Hall–Kier alpha value is -3.39. The molecule has 2 aromatic rings. The van der Waals surface area contributed by atoms with Crippen LogP contribution >= 0.6 is 0 Å². The number of carboxylic acid groups (broad SMARTS) is 1. The smallest absolute Gasteiger partial charge is 0.407 e. The van der Waals surface area contributed by atoms with E-state index in [4.69, 9.17) is 4.74 Å². The maximum absolute atomic E-state index is 13.3. The molecule has 2 fully saturated rings. The zero-order chi connectivity index (χ0) is 24.5. The second-order valence-electron chi connectivity index (χ2n) is 9.70. The number of carbonyl (C=O) groups excluding carboxylic acids is 2. The zero-order valence-electron chi connectivity index (χ0n) is 19.4. The molecule has 5 rings (SSSR count). The van der Waals surface area contributed by atoms with Crippen LogP contribution in [0.5, 0.6) is 0 Å². The summed E-state index contributed by atoms with van der Waals surface area (Å²) in [7, 11) is 0. The Labute approximate surface area is 203 Å². The highest BCUT2D eigenvalue weighted by molar-refractivity contribution is 5.87. The van der Waals surface area contributed by atoms with Gasteiger partial charge in [-0.1, -0.05) is 61.4 Å². The monoisotopic (exact) mass is 478 g/mol. The third-order valence-electron chi connectivity index (χ3n) is 7.58. The second kappa shape index (κ2) is 9.70. The Kier molecular flexibility index (Phi) is 6.47. The quantitative estimate of drug-likeness (QED) is 0.608. The van der Waals surface area contributed by atoms with Crippen LogP contribution in [-0.4, -0.2) is 64.4 Å². The molecule has 8 nitrogen and oxygen atoms in total. The highest BCUT2D eigenvalue weighted by atomic mass is 16.5. The molecule has 0 aromatic heterocycles. The molecular weight excluding hydrogens is 448 g/mol. The largest absolute Gasteiger partial charge is 0.480 e. The fourth-order valence-electron chi connectivity index (χ4n) is 5.90. The molecule has 0 bridgehead atoms. The number of aliphatic hydroxyl groups is 1. The van der Waals surface area contributed by atoms with Gasteiger partial charge < -0.3 is 25.2 Å². The summed E-state index contributed by atoms with van der Waals surface area (Å²) < 4.78 is 5.66. The fraction of sp³-hybridized carbons (Fsp3) is 0.444. The van der Waals surface area contributed by atoms with Crippen molar-refractivity contribution in [1.29, 1.82) is 0 Å². The molecule has 3 N–H and O–H groups in total. The summed E-state index contributed by atoms with van der Waals surface area (Å²) >= 11 is 0. The summed E-state index contributed by atoms with van der Waals surface area (Å²) in [6.45, 7) is 0.189. The van der Waals surface area contributed by atoms with E-state index < -0.39 is 36.2 Å². The van der Waals surface area contributed by atoms with Gasteiger partial charge in [0, 0.05) is 24.9 Å². The lowest BCUT2D eigenvalue weighted by Crippen LogP contribution is -2.52. The highest BCUT2D eigenvalue weighted by Crippen LogP contribution is 2.44. The summed E-state index contributed by atoms with van der Waals surface area (Å²) in [5.41, 5.74) is 4.55. The van der Waals surface area contributed by atoms with Crippen LogP contribution in [0.1, 0.15) is 49.1 Å². The van der Waals surface area contributed by atoms with Gasteiger partial charge >= 0.3 is 12.1 Å². The third kappa shape index (κ3) is 4.50. The number of aliphatic carboxylic acids is 1. The average molecular weight is 479 g/mol. The molecule has 2 amide bonds. The number of likely N-dealkylation sites (tertiary alicyclic amines) is 1. The number of nitrogens with one attached hydrogen (secondary N) is 1. The van der Waals surface area contributed by atoms with Crippen molar-refractivity contribution in [3.8, 4) is 11.1 Å². The van der Waals surface area contributed by atoms with Crippen LogP contribution in [-0.2, 0) is 14.3 Å². The van der Waals surface area contributed by atoms with E-state index in [9.17, 15) is 24.6 Å². The maximum atomic E-state index is 13.3. The van der Waals surface area contributed by atoms with Crippen molar-refractivity contribution in [2.45, 2.75) is 56.2 Å². The van der Waals surface area contributed by atoms with E-state index in [-0.39, 0.29) is 31.4 Å². The molecule has 8 heteroatoms. The molecule has 3 unspecified atom stereocenters. The number of ether oxygens (including phenoxy) is 1. The summed E-state index contributed by atoms with van der Waals surface area (Å²) in [5.74, 6) is -2.03. The lowest BCUT2D eigenvalue weighted by atomic mass is 9.83. The molecule has 1 heterocycles. The molecule has 0 spiro atoms. The van der Waals surface area contributed by atoms with Gasteiger partial charge in [0.15, 0.2) is 0 Å². The van der Waals surface area contributed by atoms with E-state index >= 15 is 0 Å². The maximum Gasteiger partial charge on any atom is 0.407 e. The molecule has 0 radical (unpaired) electrons. The van der Waals surface area contributed by atoms with Crippen molar-refractivity contribution in [2.24, 2.45) is 5.92 Å². The van der Waals surface area contributed by atoms with Crippen molar-refractivity contribution in [3.05, 3.63) is 59.7 Å². The van der Waals surface area contributed by atoms with Crippen molar-refractivity contribution < 1.29 is 29.3 Å². The van der Waals surface area contributed by atoms with Crippen LogP contribution < -0.4 is 5.32 Å². The van der Waals surface area contributed by atoms with E-state index in [0.29, 0.717) is 12.8 Å². The summed E-state index contributed by atoms with van der Waals surface area (Å²) in [6.07, 6.45) is 1.47. The molecule has 2 aliphatic carbocycles. The predicted octanol–water partition coefficient (Wildman–Crippen LogP) is 3.13. The van der Waals surface area contributed by atoms with Crippen molar-refractivity contribution >= 4 is 18.0 Å². The number of hydrogen-bond donors (Lipinski definition) is 3. The first kappa shape index (κ1) is 23.4. The summed E-state index contributed by atoms with van der Waals surface area (Å²) in [5, 5.41) is 22.3. The van der Waals surface area contributed by atoms with E-state index in [1.165, 1.54) is 4.90 Å². The van der Waals surface area contributed by atoms with Gasteiger partial charge in [0.2, 0.25) is 5.91 Å². The molecule has 1 saturated carbocycles. The predicted molar refractivity (Wildman–Crippen MR) is 128 cm³/mol. The van der Waals surface area contributed by atoms with Gasteiger partial charge in [-0.2, -0.15) is 0 Å². The molecule has 4 atom stereocenters. The Morgan fingerprint density at radius 1 is 0.971 bits per heavy atom. The van der Waals surface area contributed by atoms with Gasteiger partial charge in [-0.25, -0.2) is 9.59 Å². The van der Waals surface area contributed by atoms with Gasteiger partial charge in [0.1, 0.15) is 12.6 Å². The Morgan fingerprint density at radius 3 is 2.26 bits per heavy atom. The van der Waals surface area contributed by atoms with Crippen LogP contribution in [0.3, 0.4) is 0 Å². The lowest BCUT2D eigenvalue weighted by Gasteiger charge is -2.34. The molecule has 1 saturated heterocycles. The van der Waals surface area contributed by atoms with Crippen LogP contribution in [0.25, 0.3) is 11.1 Å². The Balaban J connectivity index is 1.25. The lowest BCUT2D eigenvalue weighted by molar-refractivity contribution is -0.150. The Bertz CT molecular complexity index is 1090. The van der Waals surface area contributed by atoms with Crippen LogP contribution in [0.2, 0.25) is 0 Å². The number of hydrogen-bond acceptors (Lipinski definition) is 5. The number of carbonyl (C=O) groups is 3. The first-order chi connectivity index (χ1) is 16.9. The SMILES string of the molecule is O=C(NC1CCCCC1C(=O)N1CC(O)C[C@H]1C(=O)O)OCC1c2ccccc2-c2ccccc21. The van der Waals surface area contributed by atoms with Crippen molar-refractivity contribution in [3.63, 3.8) is 0 Å². The minimum absolute atomic E-state index is 0.00393. The second-order valence-corrected chi connectivity index (χ2v) is 9.70. The number of carboxylic acids is 1. The summed E-state index contributed by atoms with van der Waals surface area (Å²) in [4.78, 5) is 38.9. The molecule has 35 heavy (non-hydrogen) atoms. The number of β-amino-alcohol motifs (C(OH)–C–C–N with tert-alkyl or cyclic N) is 1. The van der Waals surface area contributed by atoms with E-state index in [0.717, 1.165) is 35.1 Å². The number of amides is 2. The first-order valence-corrected chi connectivity index (χ1v) is 12.3. The van der Waals surface area contributed by atoms with Gasteiger partial charge in [0.25, 0.3) is 0 Å². The van der Waals surface area contributed by atoms with Crippen LogP contribution in [0, 0.1) is 5.92 Å². The van der Waals surface area contributed by atoms with Crippen molar-refractivity contribution in [1.82, 2.24) is 10.2 Å². The molecule has 3 aliphatic rings. The molecule has 1 aliphatic heterocycles. The van der Waals surface area contributed by atoms with Gasteiger partial charge in [-0.3, -0.25) is 4.79 Å². The van der Waals surface area contributed by atoms with Crippen molar-refractivity contribution in [2.75, 3.05) is 13.2 Å². The number of alkyl carbamates (subject to hydrolysis) is 1. The molecule has 2 aromatic carbocycles. The van der Waals surface area contributed by atoms with Gasteiger partial charge in [-0.15, -0.1) is 0 Å².